The van der Waals surface area contributed by atoms with Gasteiger partial charge in [-0.1, -0.05) is 24.3 Å². The number of nitrogens with one attached hydrogen (secondary N) is 1. The Morgan fingerprint density at radius 3 is 2.81 bits per heavy atom. The zero-order chi connectivity index (χ0) is 15.1. The molecule has 0 radical (unpaired) electrons. The van der Waals surface area contributed by atoms with Crippen LogP contribution in [-0.2, 0) is 4.79 Å². The molecule has 1 heterocycles. The summed E-state index contributed by atoms with van der Waals surface area (Å²) in [4.78, 5) is 15.9. The van der Waals surface area contributed by atoms with Gasteiger partial charge in [0, 0.05) is 24.0 Å². The van der Waals surface area contributed by atoms with Crippen LogP contribution in [0, 0.1) is 0 Å². The molecule has 1 aromatic heterocycles. The summed E-state index contributed by atoms with van der Waals surface area (Å²) in [5.74, 6) is 0.610. The maximum absolute atomic E-state index is 11.9. The molecule has 0 spiro atoms. The highest BCUT2D eigenvalue weighted by Gasteiger charge is 2.11. The molecule has 1 unspecified atom stereocenters. The lowest BCUT2D eigenvalue weighted by Crippen LogP contribution is -2.24. The van der Waals surface area contributed by atoms with Crippen molar-refractivity contribution in [3.05, 3.63) is 66.0 Å². The molecule has 4 nitrogen and oxygen atoms in total. The maximum atomic E-state index is 11.9. The highest BCUT2D eigenvalue weighted by Crippen LogP contribution is 2.24. The van der Waals surface area contributed by atoms with E-state index in [2.05, 4.69) is 10.3 Å². The summed E-state index contributed by atoms with van der Waals surface area (Å²) in [6.45, 7) is 1.92. The zero-order valence-corrected chi connectivity index (χ0v) is 12.1. The molecule has 2 rings (SSSR count). The van der Waals surface area contributed by atoms with Crippen molar-refractivity contribution in [1.29, 1.82) is 0 Å². The highest BCUT2D eigenvalue weighted by molar-refractivity contribution is 5.91. The van der Waals surface area contributed by atoms with E-state index in [1.807, 2.05) is 43.3 Å². The number of ether oxygens (including phenoxy) is 1. The summed E-state index contributed by atoms with van der Waals surface area (Å²) in [7, 11) is 1.62. The molecular weight excluding hydrogens is 264 g/mol. The summed E-state index contributed by atoms with van der Waals surface area (Å²) in [6, 6.07) is 11.2. The van der Waals surface area contributed by atoms with E-state index in [0.29, 0.717) is 0 Å². The fourth-order valence-corrected chi connectivity index (χ4v) is 2.01. The lowest BCUT2D eigenvalue weighted by molar-refractivity contribution is -0.117. The third kappa shape index (κ3) is 4.18. The van der Waals surface area contributed by atoms with Gasteiger partial charge in [0.15, 0.2) is 0 Å². The monoisotopic (exact) mass is 282 g/mol. The van der Waals surface area contributed by atoms with Crippen LogP contribution in [0.4, 0.5) is 0 Å². The molecule has 0 saturated heterocycles. The summed E-state index contributed by atoms with van der Waals surface area (Å²) in [6.07, 6.45) is 6.63. The van der Waals surface area contributed by atoms with Gasteiger partial charge in [-0.2, -0.15) is 0 Å². The van der Waals surface area contributed by atoms with Crippen molar-refractivity contribution in [2.75, 3.05) is 7.11 Å². The van der Waals surface area contributed by atoms with Crippen molar-refractivity contribution in [1.82, 2.24) is 10.3 Å². The second-order valence-electron chi connectivity index (χ2n) is 4.59. The second kappa shape index (κ2) is 7.24. The molecule has 0 saturated carbocycles. The summed E-state index contributed by atoms with van der Waals surface area (Å²) < 4.78 is 5.30. The van der Waals surface area contributed by atoms with E-state index >= 15 is 0 Å². The topological polar surface area (TPSA) is 51.2 Å². The zero-order valence-electron chi connectivity index (χ0n) is 12.1. The summed E-state index contributed by atoms with van der Waals surface area (Å²) >= 11 is 0. The van der Waals surface area contributed by atoms with Gasteiger partial charge in [-0.25, -0.2) is 0 Å². The van der Waals surface area contributed by atoms with Crippen LogP contribution in [0.3, 0.4) is 0 Å². The first-order valence-electron chi connectivity index (χ1n) is 6.72. The number of amides is 1. The number of nitrogens with zero attached hydrogens (tertiary/aromatic N) is 1. The van der Waals surface area contributed by atoms with Crippen LogP contribution in [0.25, 0.3) is 6.08 Å². The van der Waals surface area contributed by atoms with Gasteiger partial charge >= 0.3 is 0 Å². The fraction of sp³-hybridized carbons (Fsp3) is 0.176. The number of hydrogen-bond acceptors (Lipinski definition) is 3. The van der Waals surface area contributed by atoms with Gasteiger partial charge in [0.05, 0.1) is 13.2 Å². The van der Waals surface area contributed by atoms with Crippen molar-refractivity contribution < 1.29 is 9.53 Å². The van der Waals surface area contributed by atoms with E-state index in [9.17, 15) is 4.79 Å². The van der Waals surface area contributed by atoms with E-state index in [1.54, 1.807) is 25.6 Å². The minimum atomic E-state index is -0.155. The van der Waals surface area contributed by atoms with Crippen molar-refractivity contribution >= 4 is 12.0 Å². The Bertz CT molecular complexity index is 624. The molecule has 0 fully saturated rings. The van der Waals surface area contributed by atoms with E-state index in [-0.39, 0.29) is 11.9 Å². The van der Waals surface area contributed by atoms with E-state index in [0.717, 1.165) is 16.9 Å². The molecular formula is C17H18N2O2. The van der Waals surface area contributed by atoms with E-state index in [1.165, 1.54) is 6.08 Å². The van der Waals surface area contributed by atoms with Crippen LogP contribution in [0.5, 0.6) is 5.75 Å². The average Bonchev–Trinajstić information content (AvgIpc) is 2.53. The Morgan fingerprint density at radius 1 is 1.29 bits per heavy atom. The number of rotatable bonds is 5. The lowest BCUT2D eigenvalue weighted by Gasteiger charge is -2.16. The minimum absolute atomic E-state index is 0.132. The number of methoxy groups -OCH3 is 1. The average molecular weight is 282 g/mol. The van der Waals surface area contributed by atoms with Gasteiger partial charge in [0.25, 0.3) is 0 Å². The standard InChI is InChI=1S/C17H18N2O2/c1-13(15-7-3-4-8-16(15)21-2)19-17(20)10-9-14-6-5-11-18-12-14/h3-13H,1-2H3,(H,19,20)/b10-9+. The molecule has 2 aromatic rings. The Balaban J connectivity index is 2.01. The van der Waals surface area contributed by atoms with Crippen LogP contribution in [-0.4, -0.2) is 18.0 Å². The SMILES string of the molecule is COc1ccccc1C(C)NC(=O)/C=C/c1cccnc1. The number of aromatic nitrogens is 1. The predicted molar refractivity (Wildman–Crippen MR) is 82.8 cm³/mol. The van der Waals surface area contributed by atoms with Crippen molar-refractivity contribution in [2.24, 2.45) is 0 Å². The molecule has 1 N–H and O–H groups in total. The largest absolute Gasteiger partial charge is 0.496 e. The molecule has 108 valence electrons. The first kappa shape index (κ1) is 14.8. The minimum Gasteiger partial charge on any atom is -0.496 e. The van der Waals surface area contributed by atoms with E-state index < -0.39 is 0 Å². The Morgan fingerprint density at radius 2 is 2.10 bits per heavy atom. The Kier molecular flexibility index (Phi) is 5.10. The molecule has 1 atom stereocenters. The number of carbonyl (C=O) groups is 1. The molecule has 1 amide bonds. The van der Waals surface area contributed by atoms with Crippen LogP contribution < -0.4 is 10.1 Å². The van der Waals surface area contributed by atoms with Crippen LogP contribution in [0.1, 0.15) is 24.1 Å². The van der Waals surface area contributed by atoms with Crippen LogP contribution in [0.15, 0.2) is 54.9 Å². The Labute approximate surface area is 124 Å². The number of para-hydroxylation sites is 1. The van der Waals surface area contributed by atoms with Crippen molar-refractivity contribution in [3.63, 3.8) is 0 Å². The molecule has 0 aliphatic rings. The predicted octanol–water partition coefficient (Wildman–Crippen LogP) is 2.98. The van der Waals surface area contributed by atoms with Crippen LogP contribution >= 0.6 is 0 Å². The first-order valence-corrected chi connectivity index (χ1v) is 6.72. The number of benzene rings is 1. The molecule has 1 aromatic carbocycles. The first-order chi connectivity index (χ1) is 10.2. The number of hydrogen-bond donors (Lipinski definition) is 1. The van der Waals surface area contributed by atoms with Crippen LogP contribution in [0.2, 0.25) is 0 Å². The smallest absolute Gasteiger partial charge is 0.244 e. The lowest BCUT2D eigenvalue weighted by atomic mass is 10.1. The van der Waals surface area contributed by atoms with Gasteiger partial charge in [-0.15, -0.1) is 0 Å². The molecule has 4 heteroatoms. The highest BCUT2D eigenvalue weighted by atomic mass is 16.5. The Hall–Kier alpha value is -2.62. The molecule has 21 heavy (non-hydrogen) atoms. The van der Waals surface area contributed by atoms with Crippen molar-refractivity contribution in [3.8, 4) is 5.75 Å². The van der Waals surface area contributed by atoms with E-state index in [4.69, 9.17) is 4.74 Å². The van der Waals surface area contributed by atoms with Gasteiger partial charge < -0.3 is 10.1 Å². The third-order valence-corrected chi connectivity index (χ3v) is 3.08. The summed E-state index contributed by atoms with van der Waals surface area (Å²) in [5, 5.41) is 2.91. The second-order valence-corrected chi connectivity index (χ2v) is 4.59. The number of pyridine rings is 1. The van der Waals surface area contributed by atoms with Gasteiger partial charge in [0.1, 0.15) is 5.75 Å². The van der Waals surface area contributed by atoms with Gasteiger partial charge in [-0.05, 0) is 30.7 Å². The molecule has 0 aliphatic carbocycles. The summed E-state index contributed by atoms with van der Waals surface area (Å²) in [5.41, 5.74) is 1.83. The normalized spacial score (nSPS) is 12.1. The maximum Gasteiger partial charge on any atom is 0.244 e. The quantitative estimate of drug-likeness (QED) is 0.858. The molecule has 0 bridgehead atoms. The van der Waals surface area contributed by atoms with Gasteiger partial charge in [0.2, 0.25) is 5.91 Å². The third-order valence-electron chi connectivity index (χ3n) is 3.08. The molecule has 0 aliphatic heterocycles. The van der Waals surface area contributed by atoms with Crippen molar-refractivity contribution in [2.45, 2.75) is 13.0 Å². The fourth-order valence-electron chi connectivity index (χ4n) is 2.01. The number of carbonyl (C=O) groups excluding carboxylic acids is 1. The van der Waals surface area contributed by atoms with Gasteiger partial charge in [-0.3, -0.25) is 9.78 Å².